The third kappa shape index (κ3) is 3.27. The first-order valence-corrected chi connectivity index (χ1v) is 11.3. The van der Waals surface area contributed by atoms with Gasteiger partial charge in [0.2, 0.25) is 10.0 Å². The van der Waals surface area contributed by atoms with Gasteiger partial charge >= 0.3 is 0 Å². The first-order valence-electron chi connectivity index (χ1n) is 7.63. The summed E-state index contributed by atoms with van der Waals surface area (Å²) in [4.78, 5) is 12.5. The number of carbonyl (C=O) groups is 1. The highest BCUT2D eigenvalue weighted by molar-refractivity contribution is 7.92. The van der Waals surface area contributed by atoms with Crippen molar-refractivity contribution in [1.29, 1.82) is 0 Å². The second-order valence-corrected chi connectivity index (χ2v) is 10.9. The lowest BCUT2D eigenvalue weighted by Gasteiger charge is -2.24. The molecule has 9 heteroatoms. The second-order valence-electron chi connectivity index (χ2n) is 6.79. The van der Waals surface area contributed by atoms with Gasteiger partial charge in [-0.3, -0.25) is 9.10 Å². The van der Waals surface area contributed by atoms with E-state index in [2.05, 4.69) is 5.32 Å². The Morgan fingerprint density at radius 2 is 2.04 bits per heavy atom. The summed E-state index contributed by atoms with van der Waals surface area (Å²) in [7, 11) is -6.43. The molecule has 2 aliphatic heterocycles. The molecule has 0 spiro atoms. The molecular weight excluding hydrogens is 352 g/mol. The van der Waals surface area contributed by atoms with Gasteiger partial charge in [-0.1, -0.05) is 0 Å². The Hall–Kier alpha value is -1.61. The quantitative estimate of drug-likeness (QED) is 0.823. The van der Waals surface area contributed by atoms with Gasteiger partial charge in [0.05, 0.1) is 29.0 Å². The molecule has 0 saturated carbocycles. The highest BCUT2D eigenvalue weighted by atomic mass is 32.2. The molecule has 0 aromatic heterocycles. The Kier molecular flexibility index (Phi) is 3.91. The molecule has 1 aromatic carbocycles. The summed E-state index contributed by atoms with van der Waals surface area (Å²) in [5.41, 5.74) is 1.06. The first-order chi connectivity index (χ1) is 11.0. The lowest BCUT2D eigenvalue weighted by molar-refractivity contribution is 0.0915. The van der Waals surface area contributed by atoms with Crippen LogP contribution in [0.2, 0.25) is 0 Å². The van der Waals surface area contributed by atoms with E-state index in [1.54, 1.807) is 25.1 Å². The van der Waals surface area contributed by atoms with Crippen LogP contribution in [0.3, 0.4) is 0 Å². The van der Waals surface area contributed by atoms with Gasteiger partial charge in [0, 0.05) is 12.1 Å². The zero-order chi connectivity index (χ0) is 17.8. The highest BCUT2D eigenvalue weighted by Gasteiger charge is 2.39. The van der Waals surface area contributed by atoms with Crippen LogP contribution in [0.1, 0.15) is 29.3 Å². The fraction of sp³-hybridized carbons (Fsp3) is 0.533. The van der Waals surface area contributed by atoms with E-state index < -0.39 is 25.4 Å². The van der Waals surface area contributed by atoms with Crippen molar-refractivity contribution in [2.75, 3.05) is 28.6 Å². The van der Waals surface area contributed by atoms with E-state index in [0.717, 1.165) is 11.8 Å². The first kappa shape index (κ1) is 17.2. The molecule has 1 atom stereocenters. The third-order valence-corrected chi connectivity index (χ3v) is 7.60. The van der Waals surface area contributed by atoms with Crippen molar-refractivity contribution < 1.29 is 21.6 Å². The van der Waals surface area contributed by atoms with Crippen LogP contribution in [0.4, 0.5) is 5.69 Å². The van der Waals surface area contributed by atoms with E-state index in [-0.39, 0.29) is 17.4 Å². The number of hydrogen-bond acceptors (Lipinski definition) is 5. The Bertz CT molecular complexity index is 908. The summed E-state index contributed by atoms with van der Waals surface area (Å²) in [6.07, 6.45) is 2.10. The number of amides is 1. The minimum absolute atomic E-state index is 0.0570. The zero-order valence-electron chi connectivity index (χ0n) is 13.6. The van der Waals surface area contributed by atoms with Crippen molar-refractivity contribution in [3.05, 3.63) is 29.3 Å². The molecular formula is C15H20N2O5S2. The Labute approximate surface area is 142 Å². The number of nitrogens with one attached hydrogen (secondary N) is 1. The minimum Gasteiger partial charge on any atom is -0.346 e. The number of hydrogen-bond donors (Lipinski definition) is 1. The van der Waals surface area contributed by atoms with E-state index in [4.69, 9.17) is 0 Å². The molecule has 3 rings (SSSR count). The van der Waals surface area contributed by atoms with Crippen LogP contribution in [0.15, 0.2) is 18.2 Å². The number of sulfonamides is 1. The molecule has 132 valence electrons. The second kappa shape index (κ2) is 5.45. The average Bonchev–Trinajstić information content (AvgIpc) is 2.98. The monoisotopic (exact) mass is 372 g/mol. The standard InChI is InChI=1S/C15H20N2O5S2/c1-15(6-8-24(21,22)10-15)16-14(18)12-3-4-13-11(9-12)5-7-17(13)23(2,19)20/h3-4,9H,5-8,10H2,1-2H3,(H,16,18). The number of fused-ring (bicyclic) bond motifs is 1. The maximum atomic E-state index is 12.5. The maximum absolute atomic E-state index is 12.5. The maximum Gasteiger partial charge on any atom is 0.251 e. The predicted octanol–water partition coefficient (Wildman–Crippen LogP) is 0.316. The van der Waals surface area contributed by atoms with Gasteiger partial charge < -0.3 is 5.32 Å². The van der Waals surface area contributed by atoms with E-state index in [1.165, 1.54) is 4.31 Å². The molecule has 1 N–H and O–H groups in total. The summed E-state index contributed by atoms with van der Waals surface area (Å²) in [6, 6.07) is 4.89. The molecule has 0 radical (unpaired) electrons. The predicted molar refractivity (Wildman–Crippen MR) is 91.5 cm³/mol. The summed E-state index contributed by atoms with van der Waals surface area (Å²) in [6.45, 7) is 2.10. The smallest absolute Gasteiger partial charge is 0.251 e. The Morgan fingerprint density at radius 3 is 2.62 bits per heavy atom. The molecule has 2 aliphatic rings. The normalized spacial score (nSPS) is 25.5. The molecule has 0 bridgehead atoms. The molecule has 1 unspecified atom stereocenters. The van der Waals surface area contributed by atoms with Crippen molar-refractivity contribution in [1.82, 2.24) is 5.32 Å². The molecule has 1 fully saturated rings. The molecule has 0 aliphatic carbocycles. The number of anilines is 1. The molecule has 24 heavy (non-hydrogen) atoms. The molecule has 2 heterocycles. The number of rotatable bonds is 3. The van der Waals surface area contributed by atoms with E-state index in [0.29, 0.717) is 30.6 Å². The topological polar surface area (TPSA) is 101 Å². The average molecular weight is 372 g/mol. The number of sulfone groups is 1. The van der Waals surface area contributed by atoms with Crippen LogP contribution >= 0.6 is 0 Å². The van der Waals surface area contributed by atoms with Gasteiger partial charge in [-0.25, -0.2) is 16.8 Å². The van der Waals surface area contributed by atoms with Crippen LogP contribution in [-0.4, -0.2) is 52.6 Å². The number of carbonyl (C=O) groups excluding carboxylic acids is 1. The van der Waals surface area contributed by atoms with Crippen molar-refractivity contribution in [3.8, 4) is 0 Å². The van der Waals surface area contributed by atoms with Gasteiger partial charge in [0.25, 0.3) is 5.91 Å². The number of nitrogens with zero attached hydrogens (tertiary/aromatic N) is 1. The van der Waals surface area contributed by atoms with Gasteiger partial charge in [0.15, 0.2) is 9.84 Å². The Balaban J connectivity index is 1.81. The SMILES string of the molecule is CC1(NC(=O)c2ccc3c(c2)CCN3S(C)(=O)=O)CCS(=O)(=O)C1. The van der Waals surface area contributed by atoms with Crippen molar-refractivity contribution in [3.63, 3.8) is 0 Å². The number of benzene rings is 1. The van der Waals surface area contributed by atoms with E-state index in [1.807, 2.05) is 0 Å². The molecule has 7 nitrogen and oxygen atoms in total. The van der Waals surface area contributed by atoms with Crippen LogP contribution in [-0.2, 0) is 26.3 Å². The lowest BCUT2D eigenvalue weighted by Crippen LogP contribution is -2.46. The summed E-state index contributed by atoms with van der Waals surface area (Å²) in [5.74, 6) is -0.314. The molecule has 1 aromatic rings. The largest absolute Gasteiger partial charge is 0.346 e. The van der Waals surface area contributed by atoms with Gasteiger partial charge in [-0.05, 0) is 43.5 Å². The summed E-state index contributed by atoms with van der Waals surface area (Å²) < 4.78 is 48.1. The van der Waals surface area contributed by atoms with Crippen LogP contribution in [0.25, 0.3) is 0 Å². The lowest BCUT2D eigenvalue weighted by atomic mass is 10.0. The zero-order valence-corrected chi connectivity index (χ0v) is 15.2. The van der Waals surface area contributed by atoms with Crippen molar-refractivity contribution >= 4 is 31.5 Å². The highest BCUT2D eigenvalue weighted by Crippen LogP contribution is 2.31. The van der Waals surface area contributed by atoms with Gasteiger partial charge in [0.1, 0.15) is 0 Å². The fourth-order valence-corrected chi connectivity index (χ4v) is 6.36. The summed E-state index contributed by atoms with van der Waals surface area (Å²) >= 11 is 0. The fourth-order valence-electron chi connectivity index (χ4n) is 3.31. The van der Waals surface area contributed by atoms with E-state index >= 15 is 0 Å². The molecule has 1 saturated heterocycles. The van der Waals surface area contributed by atoms with Crippen molar-refractivity contribution in [2.24, 2.45) is 0 Å². The van der Waals surface area contributed by atoms with Crippen LogP contribution in [0.5, 0.6) is 0 Å². The van der Waals surface area contributed by atoms with E-state index in [9.17, 15) is 21.6 Å². The minimum atomic E-state index is -3.32. The van der Waals surface area contributed by atoms with Crippen LogP contribution in [0, 0.1) is 0 Å². The van der Waals surface area contributed by atoms with Crippen LogP contribution < -0.4 is 9.62 Å². The van der Waals surface area contributed by atoms with Gasteiger partial charge in [-0.2, -0.15) is 0 Å². The Morgan fingerprint density at radius 1 is 1.33 bits per heavy atom. The van der Waals surface area contributed by atoms with Crippen molar-refractivity contribution in [2.45, 2.75) is 25.3 Å². The third-order valence-electron chi connectivity index (χ3n) is 4.51. The molecule has 1 amide bonds. The summed E-state index contributed by atoms with van der Waals surface area (Å²) in [5, 5.41) is 2.81. The van der Waals surface area contributed by atoms with Gasteiger partial charge in [-0.15, -0.1) is 0 Å².